The Morgan fingerprint density at radius 1 is 1.50 bits per heavy atom. The first-order valence-corrected chi connectivity index (χ1v) is 5.43. The average molecular weight is 224 g/mol. The van der Waals surface area contributed by atoms with Crippen molar-refractivity contribution in [3.8, 4) is 0 Å². The van der Waals surface area contributed by atoms with Gasteiger partial charge in [0, 0.05) is 0 Å². The number of H-pyrrole nitrogens is 1. The largest absolute Gasteiger partial charge is 0.464 e. The van der Waals surface area contributed by atoms with Crippen LogP contribution in [0.1, 0.15) is 41.5 Å². The van der Waals surface area contributed by atoms with Gasteiger partial charge in [0.15, 0.2) is 5.69 Å². The molecule has 1 aromatic heterocycles. The summed E-state index contributed by atoms with van der Waals surface area (Å²) in [6.45, 7) is 1.03. The van der Waals surface area contributed by atoms with Crippen LogP contribution in [-0.2, 0) is 4.74 Å². The third-order valence-electron chi connectivity index (χ3n) is 3.04. The van der Waals surface area contributed by atoms with E-state index in [-0.39, 0.29) is 6.04 Å². The monoisotopic (exact) mass is 224 g/mol. The molecule has 0 aromatic carbocycles. The smallest absolute Gasteiger partial charge is 0.360 e. The van der Waals surface area contributed by atoms with E-state index < -0.39 is 5.97 Å². The summed E-state index contributed by atoms with van der Waals surface area (Å²) in [5, 5.41) is 10.4. The number of ether oxygens (including phenoxy) is 1. The molecule has 0 amide bonds. The minimum atomic E-state index is -0.428. The molecule has 1 fully saturated rings. The molecule has 6 nitrogen and oxygen atoms in total. The number of aromatic nitrogens is 3. The van der Waals surface area contributed by atoms with E-state index in [4.69, 9.17) is 0 Å². The fraction of sp³-hybridized carbons (Fsp3) is 0.700. The number of aromatic amines is 1. The zero-order valence-electron chi connectivity index (χ0n) is 9.56. The van der Waals surface area contributed by atoms with Gasteiger partial charge in [0.2, 0.25) is 0 Å². The van der Waals surface area contributed by atoms with Crippen molar-refractivity contribution in [2.45, 2.75) is 25.3 Å². The lowest BCUT2D eigenvalue weighted by molar-refractivity contribution is 0.0588. The third kappa shape index (κ3) is 1.92. The van der Waals surface area contributed by atoms with Gasteiger partial charge in [0.25, 0.3) is 0 Å². The SMILES string of the molecule is COC(=O)c1n[nH]nc1C1CCCCN1C. The quantitative estimate of drug-likeness (QED) is 0.750. The maximum atomic E-state index is 11.5. The van der Waals surface area contributed by atoms with E-state index in [0.717, 1.165) is 19.4 Å². The number of piperidine rings is 1. The minimum absolute atomic E-state index is 0.168. The molecule has 0 saturated carbocycles. The molecule has 1 atom stereocenters. The number of likely N-dealkylation sites (tertiary alicyclic amines) is 1. The molecule has 1 N–H and O–H groups in total. The van der Waals surface area contributed by atoms with Gasteiger partial charge in [-0.2, -0.15) is 10.3 Å². The highest BCUT2D eigenvalue weighted by atomic mass is 16.5. The van der Waals surface area contributed by atoms with Gasteiger partial charge < -0.3 is 4.74 Å². The molecule has 88 valence electrons. The highest BCUT2D eigenvalue weighted by molar-refractivity contribution is 5.88. The maximum Gasteiger partial charge on any atom is 0.360 e. The lowest BCUT2D eigenvalue weighted by atomic mass is 9.99. The molecule has 2 heterocycles. The van der Waals surface area contributed by atoms with Crippen molar-refractivity contribution < 1.29 is 9.53 Å². The first kappa shape index (κ1) is 11.1. The number of carbonyl (C=O) groups is 1. The van der Waals surface area contributed by atoms with Gasteiger partial charge in [0.1, 0.15) is 5.69 Å². The van der Waals surface area contributed by atoms with Gasteiger partial charge in [-0.05, 0) is 26.4 Å². The molecule has 1 saturated heterocycles. The number of rotatable bonds is 2. The number of esters is 1. The van der Waals surface area contributed by atoms with Crippen molar-refractivity contribution in [2.24, 2.45) is 0 Å². The number of hydrogen-bond donors (Lipinski definition) is 1. The van der Waals surface area contributed by atoms with E-state index in [1.807, 2.05) is 7.05 Å². The summed E-state index contributed by atoms with van der Waals surface area (Å²) in [5.41, 5.74) is 1.01. The van der Waals surface area contributed by atoms with E-state index in [2.05, 4.69) is 25.0 Å². The molecule has 0 radical (unpaired) electrons. The molecule has 0 spiro atoms. The minimum Gasteiger partial charge on any atom is -0.464 e. The van der Waals surface area contributed by atoms with Crippen LogP contribution in [0.5, 0.6) is 0 Å². The first-order valence-electron chi connectivity index (χ1n) is 5.43. The summed E-state index contributed by atoms with van der Waals surface area (Å²) >= 11 is 0. The van der Waals surface area contributed by atoms with Crippen LogP contribution in [0.2, 0.25) is 0 Å². The summed E-state index contributed by atoms with van der Waals surface area (Å²) in [7, 11) is 3.39. The standard InChI is InChI=1S/C10H16N4O2/c1-14-6-4-3-5-7(14)8-9(10(15)16-2)12-13-11-8/h7H,3-6H2,1-2H3,(H,11,12,13). The van der Waals surface area contributed by atoms with E-state index in [1.165, 1.54) is 13.5 Å². The van der Waals surface area contributed by atoms with E-state index >= 15 is 0 Å². The van der Waals surface area contributed by atoms with Gasteiger partial charge >= 0.3 is 5.97 Å². The second-order valence-corrected chi connectivity index (χ2v) is 4.04. The Morgan fingerprint density at radius 2 is 2.31 bits per heavy atom. The zero-order valence-corrected chi connectivity index (χ0v) is 9.56. The Balaban J connectivity index is 2.25. The summed E-state index contributed by atoms with van der Waals surface area (Å²) in [5.74, 6) is -0.428. The Morgan fingerprint density at radius 3 is 3.00 bits per heavy atom. The molecule has 1 aromatic rings. The summed E-state index contributed by atoms with van der Waals surface area (Å²) in [6.07, 6.45) is 3.36. The predicted octanol–water partition coefficient (Wildman–Crippen LogP) is 0.748. The van der Waals surface area contributed by atoms with Crippen LogP contribution in [0.4, 0.5) is 0 Å². The third-order valence-corrected chi connectivity index (χ3v) is 3.04. The Bertz CT molecular complexity index is 377. The molecule has 0 bridgehead atoms. The van der Waals surface area contributed by atoms with Crippen molar-refractivity contribution in [3.05, 3.63) is 11.4 Å². The van der Waals surface area contributed by atoms with Crippen LogP contribution in [0, 0.1) is 0 Å². The molecule has 0 aliphatic carbocycles. The topological polar surface area (TPSA) is 71.1 Å². The predicted molar refractivity (Wildman–Crippen MR) is 56.9 cm³/mol. The van der Waals surface area contributed by atoms with Crippen molar-refractivity contribution in [1.82, 2.24) is 20.3 Å². The molecule has 6 heteroatoms. The molecule has 1 aliphatic heterocycles. The highest BCUT2D eigenvalue weighted by Gasteiger charge is 2.28. The maximum absolute atomic E-state index is 11.5. The Kier molecular flexibility index (Phi) is 3.19. The van der Waals surface area contributed by atoms with Crippen molar-refractivity contribution in [2.75, 3.05) is 20.7 Å². The van der Waals surface area contributed by atoms with Crippen molar-refractivity contribution >= 4 is 5.97 Å². The molecule has 16 heavy (non-hydrogen) atoms. The lowest BCUT2D eigenvalue weighted by Crippen LogP contribution is -2.31. The fourth-order valence-corrected chi connectivity index (χ4v) is 2.14. The summed E-state index contributed by atoms with van der Waals surface area (Å²) in [4.78, 5) is 13.7. The Labute approximate surface area is 94.0 Å². The zero-order chi connectivity index (χ0) is 11.5. The number of nitrogens with one attached hydrogen (secondary N) is 1. The van der Waals surface area contributed by atoms with Crippen LogP contribution in [0.15, 0.2) is 0 Å². The van der Waals surface area contributed by atoms with Crippen molar-refractivity contribution in [1.29, 1.82) is 0 Å². The van der Waals surface area contributed by atoms with Gasteiger partial charge in [-0.25, -0.2) is 4.79 Å². The average Bonchev–Trinajstić information content (AvgIpc) is 2.77. The lowest BCUT2D eigenvalue weighted by Gasteiger charge is -2.31. The van der Waals surface area contributed by atoms with E-state index in [1.54, 1.807) is 0 Å². The van der Waals surface area contributed by atoms with Crippen molar-refractivity contribution in [3.63, 3.8) is 0 Å². The second kappa shape index (κ2) is 4.61. The number of hydrogen-bond acceptors (Lipinski definition) is 5. The van der Waals surface area contributed by atoms with E-state index in [9.17, 15) is 4.79 Å². The van der Waals surface area contributed by atoms with Gasteiger partial charge in [-0.15, -0.1) is 5.10 Å². The van der Waals surface area contributed by atoms with Gasteiger partial charge in [0.05, 0.1) is 13.2 Å². The number of nitrogens with zero attached hydrogens (tertiary/aromatic N) is 3. The molecule has 2 rings (SSSR count). The Hall–Kier alpha value is -1.43. The number of carbonyl (C=O) groups excluding carboxylic acids is 1. The van der Waals surface area contributed by atoms with Crippen LogP contribution >= 0.6 is 0 Å². The molecule has 1 unspecified atom stereocenters. The van der Waals surface area contributed by atoms with Crippen LogP contribution in [-0.4, -0.2) is 47.0 Å². The van der Waals surface area contributed by atoms with Gasteiger partial charge in [-0.3, -0.25) is 4.90 Å². The fourth-order valence-electron chi connectivity index (χ4n) is 2.14. The molecular formula is C10H16N4O2. The van der Waals surface area contributed by atoms with Gasteiger partial charge in [-0.1, -0.05) is 6.42 Å². The molecular weight excluding hydrogens is 208 g/mol. The highest BCUT2D eigenvalue weighted by Crippen LogP contribution is 2.29. The van der Waals surface area contributed by atoms with E-state index in [0.29, 0.717) is 11.4 Å². The second-order valence-electron chi connectivity index (χ2n) is 4.04. The van der Waals surface area contributed by atoms with Crippen LogP contribution in [0.25, 0.3) is 0 Å². The normalized spacial score (nSPS) is 22.0. The van der Waals surface area contributed by atoms with Crippen LogP contribution in [0.3, 0.4) is 0 Å². The van der Waals surface area contributed by atoms with Crippen LogP contribution < -0.4 is 0 Å². The first-order chi connectivity index (χ1) is 7.74. The molecule has 1 aliphatic rings. The summed E-state index contributed by atoms with van der Waals surface area (Å²) in [6, 6.07) is 0.168. The summed E-state index contributed by atoms with van der Waals surface area (Å²) < 4.78 is 4.68. The number of methoxy groups -OCH3 is 1.